The number of H-pyrrole nitrogens is 1. The summed E-state index contributed by atoms with van der Waals surface area (Å²) in [6.07, 6.45) is 2.35. The van der Waals surface area contributed by atoms with Crippen LogP contribution in [0, 0.1) is 18.7 Å². The van der Waals surface area contributed by atoms with E-state index in [2.05, 4.69) is 59.9 Å². The third-order valence-electron chi connectivity index (χ3n) is 8.42. The van der Waals surface area contributed by atoms with Gasteiger partial charge < -0.3 is 24.3 Å². The van der Waals surface area contributed by atoms with Crippen molar-refractivity contribution in [3.05, 3.63) is 77.7 Å². The lowest BCUT2D eigenvalue weighted by Crippen LogP contribution is -2.35. The van der Waals surface area contributed by atoms with Crippen LogP contribution in [-0.2, 0) is 20.8 Å². The molecule has 7 nitrogen and oxygen atoms in total. The largest absolute Gasteiger partial charge is 0.388 e. The van der Waals surface area contributed by atoms with Crippen LogP contribution in [-0.4, -0.2) is 77.8 Å². The molecule has 0 bridgehead atoms. The van der Waals surface area contributed by atoms with E-state index in [0.29, 0.717) is 18.2 Å². The Morgan fingerprint density at radius 1 is 0.886 bits per heavy atom. The molecule has 3 aliphatic rings. The first-order valence-electron chi connectivity index (χ1n) is 15.9. The summed E-state index contributed by atoms with van der Waals surface area (Å²) in [6, 6.07) is 20.1. The monoisotopic (exact) mass is 603 g/mol. The maximum atomic E-state index is 14.6. The normalized spacial score (nSPS) is 23.0. The lowest BCUT2D eigenvalue weighted by molar-refractivity contribution is 0.0173. The zero-order valence-corrected chi connectivity index (χ0v) is 26.4. The first-order chi connectivity index (χ1) is 21.4. The number of morpholine rings is 1. The molecule has 3 fully saturated rings. The van der Waals surface area contributed by atoms with Gasteiger partial charge in [-0.05, 0) is 29.7 Å². The Labute approximate surface area is 260 Å². The summed E-state index contributed by atoms with van der Waals surface area (Å²) in [5.41, 5.74) is 7.20. The van der Waals surface area contributed by atoms with Crippen LogP contribution in [0.4, 0.5) is 4.39 Å². The van der Waals surface area contributed by atoms with Gasteiger partial charge in [-0.2, -0.15) is 0 Å². The molecule has 2 unspecified atom stereocenters. The summed E-state index contributed by atoms with van der Waals surface area (Å²) >= 11 is 0. The van der Waals surface area contributed by atoms with Gasteiger partial charge in [-0.25, -0.2) is 9.37 Å². The highest BCUT2D eigenvalue weighted by molar-refractivity contribution is 5.80. The lowest BCUT2D eigenvalue weighted by atomic mass is 10.0. The number of aromatic nitrogens is 2. The van der Waals surface area contributed by atoms with Crippen LogP contribution in [0.25, 0.3) is 33.4 Å². The standard InChI is InChI=1S/C25H24FN3O.C7H12O3.C4H10/c1-17-14-23-24(27-17)15-22(26)25(28-23)21-8-6-20(7-9-21)19-4-2-18(3-5-19)16-29-10-12-30-13-11-29;1-4-2-9-7-5(8)3-10-6(4)7;1-3-4-2/h2-9,14-15,27H,10-13,16H2,1H3;4-8H,2-3H2,1H3;3-4H2,1-2H3/t;4?,5?,6-,7-;/m.1./s1. The van der Waals surface area contributed by atoms with Crippen molar-refractivity contribution in [2.24, 2.45) is 5.92 Å². The Hall–Kier alpha value is -3.14. The molecule has 0 radical (unpaired) electrons. The van der Waals surface area contributed by atoms with E-state index in [0.717, 1.165) is 72.9 Å². The molecule has 44 heavy (non-hydrogen) atoms. The van der Waals surface area contributed by atoms with Crippen LogP contribution in [0.15, 0.2) is 60.7 Å². The van der Waals surface area contributed by atoms with Crippen LogP contribution in [0.5, 0.6) is 0 Å². The number of rotatable bonds is 5. The number of unbranched alkanes of at least 4 members (excludes halogenated alkanes) is 1. The zero-order chi connectivity index (χ0) is 31.1. The first-order valence-corrected chi connectivity index (χ1v) is 15.9. The van der Waals surface area contributed by atoms with E-state index < -0.39 is 6.10 Å². The van der Waals surface area contributed by atoms with Gasteiger partial charge in [-0.15, -0.1) is 0 Å². The molecule has 3 saturated heterocycles. The summed E-state index contributed by atoms with van der Waals surface area (Å²) in [4.78, 5) is 10.1. The van der Waals surface area contributed by atoms with Gasteiger partial charge in [0.05, 0.1) is 43.6 Å². The molecule has 236 valence electrons. The fraction of sp³-hybridized carbons (Fsp3) is 0.472. The quantitative estimate of drug-likeness (QED) is 0.262. The number of aromatic amines is 1. The van der Waals surface area contributed by atoms with Gasteiger partial charge in [0.25, 0.3) is 0 Å². The molecule has 4 aromatic rings. The number of aliphatic hydroxyl groups excluding tert-OH is 1. The van der Waals surface area contributed by atoms with Crippen LogP contribution >= 0.6 is 0 Å². The molecule has 2 aromatic carbocycles. The van der Waals surface area contributed by atoms with Crippen molar-refractivity contribution >= 4 is 11.0 Å². The molecule has 0 amide bonds. The Kier molecular flexibility index (Phi) is 11.2. The van der Waals surface area contributed by atoms with Crippen molar-refractivity contribution in [1.82, 2.24) is 14.9 Å². The van der Waals surface area contributed by atoms with E-state index in [1.54, 1.807) is 0 Å². The Bertz CT molecular complexity index is 1450. The number of ether oxygens (including phenoxy) is 3. The Balaban J connectivity index is 0.000000226. The average Bonchev–Trinajstić information content (AvgIpc) is 3.73. The Morgan fingerprint density at radius 3 is 2.14 bits per heavy atom. The van der Waals surface area contributed by atoms with Crippen molar-refractivity contribution in [2.75, 3.05) is 39.5 Å². The van der Waals surface area contributed by atoms with Crippen LogP contribution in [0.2, 0.25) is 0 Å². The molecule has 5 heterocycles. The van der Waals surface area contributed by atoms with Gasteiger partial charge >= 0.3 is 0 Å². The van der Waals surface area contributed by atoms with E-state index in [4.69, 9.17) is 14.2 Å². The number of nitrogens with zero attached hydrogens (tertiary/aromatic N) is 2. The first kappa shape index (κ1) is 32.3. The van der Waals surface area contributed by atoms with E-state index >= 15 is 0 Å². The van der Waals surface area contributed by atoms with Gasteiger partial charge in [-0.3, -0.25) is 4.90 Å². The third kappa shape index (κ3) is 7.92. The lowest BCUT2D eigenvalue weighted by Gasteiger charge is -2.26. The number of pyridine rings is 1. The van der Waals surface area contributed by atoms with Crippen molar-refractivity contribution in [2.45, 2.75) is 65.4 Å². The fourth-order valence-corrected chi connectivity index (χ4v) is 5.68. The van der Waals surface area contributed by atoms with Crippen molar-refractivity contribution in [1.29, 1.82) is 0 Å². The minimum Gasteiger partial charge on any atom is -0.388 e. The number of aryl methyl sites for hydroxylation is 1. The van der Waals surface area contributed by atoms with Crippen molar-refractivity contribution in [3.8, 4) is 22.4 Å². The number of benzene rings is 2. The Morgan fingerprint density at radius 2 is 1.50 bits per heavy atom. The number of nitrogens with one attached hydrogen (secondary N) is 1. The van der Waals surface area contributed by atoms with Gasteiger partial charge in [0.1, 0.15) is 17.9 Å². The number of halogens is 1. The zero-order valence-electron chi connectivity index (χ0n) is 26.4. The minimum atomic E-state index is -0.394. The molecule has 2 N–H and O–H groups in total. The molecule has 0 saturated carbocycles. The van der Waals surface area contributed by atoms with Gasteiger partial charge in [0.2, 0.25) is 0 Å². The molecule has 8 heteroatoms. The molecule has 0 aliphatic carbocycles. The molecule has 7 rings (SSSR count). The maximum Gasteiger partial charge on any atom is 0.151 e. The van der Waals surface area contributed by atoms with Crippen LogP contribution < -0.4 is 0 Å². The number of hydrogen-bond acceptors (Lipinski definition) is 6. The van der Waals surface area contributed by atoms with E-state index in [1.807, 2.05) is 37.3 Å². The second-order valence-electron chi connectivity index (χ2n) is 12.0. The smallest absolute Gasteiger partial charge is 0.151 e. The predicted octanol–water partition coefficient (Wildman–Crippen LogP) is 6.76. The maximum absolute atomic E-state index is 14.6. The summed E-state index contributed by atoms with van der Waals surface area (Å²) in [5, 5.41) is 9.27. The highest BCUT2D eigenvalue weighted by Gasteiger charge is 2.44. The van der Waals surface area contributed by atoms with Gasteiger partial charge in [0.15, 0.2) is 5.82 Å². The summed E-state index contributed by atoms with van der Waals surface area (Å²) in [7, 11) is 0. The SMILES string of the molecule is CC1CO[C@@H]2C(O)CO[C@H]12.CCCC.Cc1cc2nc(-c3ccc(-c4ccc(CN5CCOCC5)cc4)cc3)c(F)cc2[nH]1. The van der Waals surface area contributed by atoms with Gasteiger partial charge in [0, 0.05) is 42.9 Å². The highest BCUT2D eigenvalue weighted by atomic mass is 19.1. The molecular formula is C36H46FN3O4. The van der Waals surface area contributed by atoms with E-state index in [9.17, 15) is 9.50 Å². The second kappa shape index (κ2) is 15.2. The molecular weight excluding hydrogens is 557 g/mol. The number of hydrogen-bond donors (Lipinski definition) is 2. The number of aliphatic hydroxyl groups is 1. The summed E-state index contributed by atoms with van der Waals surface area (Å²) in [5.74, 6) is 0.131. The molecule has 4 atom stereocenters. The molecule has 2 aromatic heterocycles. The molecule has 0 spiro atoms. The summed E-state index contributed by atoms with van der Waals surface area (Å²) in [6.45, 7) is 14.1. The van der Waals surface area contributed by atoms with Crippen LogP contribution in [0.1, 0.15) is 44.9 Å². The minimum absolute atomic E-state index is 0.0463. The second-order valence-corrected chi connectivity index (χ2v) is 12.0. The predicted molar refractivity (Wildman–Crippen MR) is 173 cm³/mol. The topological polar surface area (TPSA) is 79.8 Å². The van der Waals surface area contributed by atoms with Crippen molar-refractivity contribution < 1.29 is 23.7 Å². The summed E-state index contributed by atoms with van der Waals surface area (Å²) < 4.78 is 30.6. The van der Waals surface area contributed by atoms with Gasteiger partial charge in [-0.1, -0.05) is 82.1 Å². The number of fused-ring (bicyclic) bond motifs is 2. The average molecular weight is 604 g/mol. The highest BCUT2D eigenvalue weighted by Crippen LogP contribution is 2.31. The van der Waals surface area contributed by atoms with E-state index in [-0.39, 0.29) is 18.0 Å². The molecule has 3 aliphatic heterocycles. The van der Waals surface area contributed by atoms with Crippen molar-refractivity contribution in [3.63, 3.8) is 0 Å². The van der Waals surface area contributed by atoms with Crippen LogP contribution in [0.3, 0.4) is 0 Å². The fourth-order valence-electron chi connectivity index (χ4n) is 5.68. The third-order valence-corrected chi connectivity index (χ3v) is 8.42. The van der Waals surface area contributed by atoms with E-state index in [1.165, 1.54) is 24.5 Å².